The number of aliphatic hydroxyl groups is 2. The number of halogens is 2. The van der Waals surface area contributed by atoms with Gasteiger partial charge in [0.1, 0.15) is 5.75 Å². The van der Waals surface area contributed by atoms with Gasteiger partial charge >= 0.3 is 0 Å². The molecular formula is C28H32Cl2N2O4. The van der Waals surface area contributed by atoms with Crippen molar-refractivity contribution < 1.29 is 20.1 Å². The molecule has 0 aliphatic heterocycles. The van der Waals surface area contributed by atoms with E-state index in [0.29, 0.717) is 46.1 Å². The maximum atomic E-state index is 12.7. The molecule has 0 bridgehead atoms. The molecule has 3 aromatic rings. The molecule has 0 spiro atoms. The van der Waals surface area contributed by atoms with E-state index in [0.717, 1.165) is 11.1 Å². The van der Waals surface area contributed by atoms with Gasteiger partial charge in [-0.15, -0.1) is 0 Å². The molecular weight excluding hydrogens is 499 g/mol. The number of carbonyl (C=O) groups excluding carboxylic acids is 1. The van der Waals surface area contributed by atoms with Crippen LogP contribution in [-0.2, 0) is 19.4 Å². The Hall–Kier alpha value is -2.61. The van der Waals surface area contributed by atoms with Gasteiger partial charge in [0.2, 0.25) is 0 Å². The Morgan fingerprint density at radius 3 is 2.42 bits per heavy atom. The second kappa shape index (κ2) is 12.6. The molecule has 36 heavy (non-hydrogen) atoms. The molecule has 0 saturated heterocycles. The second-order valence-corrected chi connectivity index (χ2v) is 10.2. The maximum absolute atomic E-state index is 12.7. The number of rotatable bonds is 11. The van der Waals surface area contributed by atoms with Crippen molar-refractivity contribution in [2.45, 2.75) is 44.9 Å². The van der Waals surface area contributed by atoms with Crippen LogP contribution in [-0.4, -0.2) is 39.9 Å². The zero-order valence-electron chi connectivity index (χ0n) is 20.4. The summed E-state index contributed by atoms with van der Waals surface area (Å²) in [6, 6.07) is 17.5. The zero-order valence-corrected chi connectivity index (χ0v) is 21.9. The van der Waals surface area contributed by atoms with Crippen molar-refractivity contribution >= 4 is 29.1 Å². The van der Waals surface area contributed by atoms with Crippen LogP contribution in [0, 0.1) is 0 Å². The number of aromatic hydroxyl groups is 1. The Kier molecular flexibility index (Phi) is 9.77. The summed E-state index contributed by atoms with van der Waals surface area (Å²) in [5, 5.41) is 37.1. The Morgan fingerprint density at radius 2 is 1.72 bits per heavy atom. The second-order valence-electron chi connectivity index (χ2n) is 9.41. The molecule has 5 N–H and O–H groups in total. The highest BCUT2D eigenvalue weighted by Gasteiger charge is 2.21. The maximum Gasteiger partial charge on any atom is 0.251 e. The van der Waals surface area contributed by atoms with E-state index < -0.39 is 6.10 Å². The summed E-state index contributed by atoms with van der Waals surface area (Å²) >= 11 is 12.4. The van der Waals surface area contributed by atoms with E-state index in [-0.39, 0.29) is 30.3 Å². The van der Waals surface area contributed by atoms with Crippen molar-refractivity contribution in [1.29, 1.82) is 0 Å². The molecule has 192 valence electrons. The SMILES string of the molecule is CC(C)(Cc1cccc(C(=O)NCCc2c(Cl)cccc2Cl)c1)NC[C@@H](O)c1ccc(O)c(CO)c1. The largest absolute Gasteiger partial charge is 0.508 e. The summed E-state index contributed by atoms with van der Waals surface area (Å²) in [5.74, 6) is -0.174. The van der Waals surface area contributed by atoms with Crippen LogP contribution < -0.4 is 10.6 Å². The minimum absolute atomic E-state index is 0.00156. The van der Waals surface area contributed by atoms with E-state index in [9.17, 15) is 20.1 Å². The summed E-state index contributed by atoms with van der Waals surface area (Å²) in [4.78, 5) is 12.7. The van der Waals surface area contributed by atoms with E-state index >= 15 is 0 Å². The molecule has 3 aromatic carbocycles. The number of hydrogen-bond acceptors (Lipinski definition) is 5. The topological polar surface area (TPSA) is 102 Å². The zero-order chi connectivity index (χ0) is 26.3. The Balaban J connectivity index is 1.55. The average molecular weight is 531 g/mol. The third-order valence-electron chi connectivity index (χ3n) is 5.99. The number of hydrogen-bond donors (Lipinski definition) is 5. The highest BCUT2D eigenvalue weighted by Crippen LogP contribution is 2.25. The first-order valence-electron chi connectivity index (χ1n) is 11.8. The number of β-amino-alcohol motifs (C(OH)–C–C–N with tert-alkyl or cyclic N) is 1. The minimum atomic E-state index is -0.807. The van der Waals surface area contributed by atoms with Gasteiger partial charge < -0.3 is 26.0 Å². The average Bonchev–Trinajstić information content (AvgIpc) is 2.84. The molecule has 0 radical (unpaired) electrons. The highest BCUT2D eigenvalue weighted by molar-refractivity contribution is 6.36. The molecule has 0 saturated carbocycles. The van der Waals surface area contributed by atoms with Gasteiger partial charge in [-0.25, -0.2) is 0 Å². The third kappa shape index (κ3) is 7.69. The molecule has 8 heteroatoms. The van der Waals surface area contributed by atoms with E-state index in [1.165, 1.54) is 6.07 Å². The summed E-state index contributed by atoms with van der Waals surface area (Å²) in [6.07, 6.45) is 0.358. The van der Waals surface area contributed by atoms with Gasteiger partial charge in [0, 0.05) is 39.8 Å². The van der Waals surface area contributed by atoms with Gasteiger partial charge in [0.15, 0.2) is 0 Å². The van der Waals surface area contributed by atoms with E-state index in [2.05, 4.69) is 10.6 Å². The molecule has 3 rings (SSSR count). The van der Waals surface area contributed by atoms with Crippen molar-refractivity contribution in [3.05, 3.63) is 98.5 Å². The molecule has 0 fully saturated rings. The third-order valence-corrected chi connectivity index (χ3v) is 6.70. The molecule has 0 heterocycles. The summed E-state index contributed by atoms with van der Waals surface area (Å²) in [6.45, 7) is 4.44. The number of carbonyl (C=O) groups is 1. The summed E-state index contributed by atoms with van der Waals surface area (Å²) in [7, 11) is 0. The van der Waals surface area contributed by atoms with Crippen LogP contribution in [0.5, 0.6) is 5.75 Å². The predicted molar refractivity (Wildman–Crippen MR) is 144 cm³/mol. The van der Waals surface area contributed by atoms with Crippen LogP contribution in [0.2, 0.25) is 10.0 Å². The molecule has 1 atom stereocenters. The lowest BCUT2D eigenvalue weighted by molar-refractivity contribution is 0.0954. The van der Waals surface area contributed by atoms with Crippen molar-refractivity contribution in [2.24, 2.45) is 0 Å². The van der Waals surface area contributed by atoms with E-state index in [1.54, 1.807) is 36.4 Å². The molecule has 0 aromatic heterocycles. The number of nitrogens with one attached hydrogen (secondary N) is 2. The van der Waals surface area contributed by atoms with Gasteiger partial charge in [0.05, 0.1) is 12.7 Å². The molecule has 0 unspecified atom stereocenters. The lowest BCUT2D eigenvalue weighted by atomic mass is 9.93. The van der Waals surface area contributed by atoms with Gasteiger partial charge in [-0.3, -0.25) is 4.79 Å². The van der Waals surface area contributed by atoms with Crippen molar-refractivity contribution in [2.75, 3.05) is 13.1 Å². The lowest BCUT2D eigenvalue weighted by Gasteiger charge is -2.28. The number of benzene rings is 3. The smallest absolute Gasteiger partial charge is 0.251 e. The van der Waals surface area contributed by atoms with Crippen LogP contribution in [0.15, 0.2) is 60.7 Å². The monoisotopic (exact) mass is 530 g/mol. The molecule has 0 aliphatic rings. The quantitative estimate of drug-likeness (QED) is 0.245. The van der Waals surface area contributed by atoms with Gasteiger partial charge in [-0.05, 0) is 79.8 Å². The normalized spacial score (nSPS) is 12.4. The van der Waals surface area contributed by atoms with Crippen molar-refractivity contribution in [3.63, 3.8) is 0 Å². The fraction of sp³-hybridized carbons (Fsp3) is 0.321. The van der Waals surface area contributed by atoms with Crippen LogP contribution in [0.25, 0.3) is 0 Å². The molecule has 0 aliphatic carbocycles. The standard InChI is InChI=1S/C28H32Cl2N2O4/c1-28(2,32-16-26(35)19-9-10-25(34)21(14-19)17-33)15-18-5-3-6-20(13-18)27(36)31-12-11-22-23(29)7-4-8-24(22)30/h3-10,13-14,26,32-35H,11-12,15-17H2,1-2H3,(H,31,36)/t26-/m1/s1. The minimum Gasteiger partial charge on any atom is -0.508 e. The summed E-state index contributed by atoms with van der Waals surface area (Å²) < 4.78 is 0. The first-order valence-corrected chi connectivity index (χ1v) is 12.5. The number of aliphatic hydroxyl groups excluding tert-OH is 2. The van der Waals surface area contributed by atoms with Crippen LogP contribution >= 0.6 is 23.2 Å². The van der Waals surface area contributed by atoms with Gasteiger partial charge in [-0.2, -0.15) is 0 Å². The fourth-order valence-corrected chi connectivity index (χ4v) is 4.59. The van der Waals surface area contributed by atoms with Crippen LogP contribution in [0.4, 0.5) is 0 Å². The van der Waals surface area contributed by atoms with Crippen LogP contribution in [0.3, 0.4) is 0 Å². The Bertz CT molecular complexity index is 1180. The van der Waals surface area contributed by atoms with E-state index in [1.807, 2.05) is 32.0 Å². The summed E-state index contributed by atoms with van der Waals surface area (Å²) in [5.41, 5.74) is 2.97. The van der Waals surface area contributed by atoms with Crippen LogP contribution in [0.1, 0.15) is 52.6 Å². The van der Waals surface area contributed by atoms with E-state index in [4.69, 9.17) is 23.2 Å². The Labute approximate surface area is 221 Å². The Morgan fingerprint density at radius 1 is 1.03 bits per heavy atom. The van der Waals surface area contributed by atoms with Gasteiger partial charge in [-0.1, -0.05) is 47.5 Å². The number of amides is 1. The first kappa shape index (κ1) is 28.0. The van der Waals surface area contributed by atoms with Crippen molar-refractivity contribution in [3.8, 4) is 5.75 Å². The molecule has 1 amide bonds. The highest BCUT2D eigenvalue weighted by atomic mass is 35.5. The van der Waals surface area contributed by atoms with Gasteiger partial charge in [0.25, 0.3) is 5.91 Å². The lowest BCUT2D eigenvalue weighted by Crippen LogP contribution is -2.43. The fourth-order valence-electron chi connectivity index (χ4n) is 4.00. The predicted octanol–water partition coefficient (Wildman–Crippen LogP) is 4.81. The first-order chi connectivity index (χ1) is 17.1. The molecule has 6 nitrogen and oxygen atoms in total. The van der Waals surface area contributed by atoms with Crippen molar-refractivity contribution in [1.82, 2.24) is 10.6 Å². The number of phenols is 1.